The summed E-state index contributed by atoms with van der Waals surface area (Å²) in [5.41, 5.74) is 0.811. The molecule has 210 valence electrons. The van der Waals surface area contributed by atoms with E-state index in [4.69, 9.17) is 4.74 Å². The summed E-state index contributed by atoms with van der Waals surface area (Å²) in [6.45, 7) is 7.45. The summed E-state index contributed by atoms with van der Waals surface area (Å²) < 4.78 is 7.30. The fourth-order valence-electron chi connectivity index (χ4n) is 5.70. The standard InChI is InChI=1S/C29H34N6O5/c1-28(2,3)40-27(39)33-15-13-29(14-16-33)23(19-35-26(29)30-31-32-35)24(36)34(17-20-7-5-4-6-8-20)18-21-9-11-22(12-10-21)25(37)38/h4-12,23H,13-19H2,1-3H3,(H,37,38)/t23-/m0/s1. The minimum Gasteiger partial charge on any atom is -0.478 e. The lowest BCUT2D eigenvalue weighted by atomic mass is 9.69. The summed E-state index contributed by atoms with van der Waals surface area (Å²) in [6, 6.07) is 16.4. The Labute approximate surface area is 232 Å². The zero-order valence-corrected chi connectivity index (χ0v) is 23.0. The van der Waals surface area contributed by atoms with Gasteiger partial charge in [-0.05, 0) is 67.3 Å². The number of hydrogen-bond acceptors (Lipinski definition) is 7. The van der Waals surface area contributed by atoms with Gasteiger partial charge in [-0.25, -0.2) is 14.3 Å². The molecule has 0 aliphatic carbocycles. The molecule has 11 nitrogen and oxygen atoms in total. The third kappa shape index (κ3) is 5.54. The van der Waals surface area contributed by atoms with Crippen molar-refractivity contribution < 1.29 is 24.2 Å². The van der Waals surface area contributed by atoms with Crippen LogP contribution in [0.2, 0.25) is 0 Å². The lowest BCUT2D eigenvalue weighted by Gasteiger charge is -2.42. The molecule has 1 saturated heterocycles. The fraction of sp³-hybridized carbons (Fsp3) is 0.448. The Morgan fingerprint density at radius 1 is 1.00 bits per heavy atom. The number of fused-ring (bicyclic) bond motifs is 2. The van der Waals surface area contributed by atoms with Gasteiger partial charge in [0.2, 0.25) is 5.91 Å². The lowest BCUT2D eigenvalue weighted by molar-refractivity contribution is -0.140. The molecule has 1 aromatic heterocycles. The van der Waals surface area contributed by atoms with Crippen LogP contribution in [0.3, 0.4) is 0 Å². The summed E-state index contributed by atoms with van der Waals surface area (Å²) in [5.74, 6) is -0.789. The molecule has 2 amide bonds. The molecule has 2 aliphatic rings. The smallest absolute Gasteiger partial charge is 0.410 e. The highest BCUT2D eigenvalue weighted by atomic mass is 16.6. The van der Waals surface area contributed by atoms with E-state index in [1.54, 1.807) is 33.8 Å². The van der Waals surface area contributed by atoms with Crippen molar-refractivity contribution in [2.75, 3.05) is 13.1 Å². The van der Waals surface area contributed by atoms with Crippen molar-refractivity contribution in [3.8, 4) is 0 Å². The maximum absolute atomic E-state index is 14.4. The van der Waals surface area contributed by atoms with Gasteiger partial charge in [0.1, 0.15) is 5.60 Å². The van der Waals surface area contributed by atoms with Gasteiger partial charge in [-0.3, -0.25) is 4.79 Å². The zero-order chi connectivity index (χ0) is 28.5. The third-order valence-corrected chi connectivity index (χ3v) is 7.71. The molecule has 2 aliphatic heterocycles. The second kappa shape index (κ2) is 10.7. The fourth-order valence-corrected chi connectivity index (χ4v) is 5.70. The zero-order valence-electron chi connectivity index (χ0n) is 23.0. The molecular weight excluding hydrogens is 512 g/mol. The van der Waals surface area contributed by atoms with Crippen LogP contribution in [-0.2, 0) is 34.6 Å². The van der Waals surface area contributed by atoms with Gasteiger partial charge in [0, 0.05) is 31.6 Å². The van der Waals surface area contributed by atoms with E-state index in [0.29, 0.717) is 51.4 Å². The van der Waals surface area contributed by atoms with Crippen LogP contribution in [0.4, 0.5) is 4.79 Å². The molecule has 3 heterocycles. The summed E-state index contributed by atoms with van der Waals surface area (Å²) in [7, 11) is 0. The Morgan fingerprint density at radius 2 is 1.62 bits per heavy atom. The van der Waals surface area contributed by atoms with Crippen LogP contribution in [0.1, 0.15) is 60.9 Å². The van der Waals surface area contributed by atoms with Crippen LogP contribution in [0.15, 0.2) is 54.6 Å². The average molecular weight is 547 g/mol. The van der Waals surface area contributed by atoms with E-state index in [0.717, 1.165) is 11.1 Å². The van der Waals surface area contributed by atoms with Crippen molar-refractivity contribution in [3.63, 3.8) is 0 Å². The molecule has 1 atom stereocenters. The Kier molecular flexibility index (Phi) is 7.31. The van der Waals surface area contributed by atoms with Gasteiger partial charge in [-0.15, -0.1) is 5.10 Å². The first-order valence-corrected chi connectivity index (χ1v) is 13.5. The van der Waals surface area contributed by atoms with E-state index in [1.807, 2.05) is 56.0 Å². The van der Waals surface area contributed by atoms with Crippen LogP contribution in [0, 0.1) is 5.92 Å². The number of carboxylic acid groups (broad SMARTS) is 1. The van der Waals surface area contributed by atoms with Crippen molar-refractivity contribution in [3.05, 3.63) is 77.1 Å². The molecule has 0 saturated carbocycles. The molecule has 1 spiro atoms. The predicted molar refractivity (Wildman–Crippen MR) is 144 cm³/mol. The first-order valence-electron chi connectivity index (χ1n) is 13.5. The van der Waals surface area contributed by atoms with Crippen molar-refractivity contribution in [2.24, 2.45) is 5.92 Å². The minimum atomic E-state index is -0.995. The van der Waals surface area contributed by atoms with Gasteiger partial charge in [0.15, 0.2) is 5.82 Å². The predicted octanol–water partition coefficient (Wildman–Crippen LogP) is 3.50. The van der Waals surface area contributed by atoms with E-state index in [-0.39, 0.29) is 17.6 Å². The molecule has 0 bridgehead atoms. The summed E-state index contributed by atoms with van der Waals surface area (Å²) in [5, 5.41) is 21.6. The monoisotopic (exact) mass is 546 g/mol. The number of hydrogen-bond donors (Lipinski definition) is 1. The summed E-state index contributed by atoms with van der Waals surface area (Å²) >= 11 is 0. The summed E-state index contributed by atoms with van der Waals surface area (Å²) in [6.07, 6.45) is 0.712. The molecule has 2 aromatic carbocycles. The number of carbonyl (C=O) groups is 3. The molecule has 3 aromatic rings. The number of tetrazole rings is 1. The number of amides is 2. The molecule has 1 N–H and O–H groups in total. The first-order chi connectivity index (χ1) is 19.1. The number of rotatable bonds is 6. The van der Waals surface area contributed by atoms with Crippen LogP contribution in [0.5, 0.6) is 0 Å². The number of nitrogens with zero attached hydrogens (tertiary/aromatic N) is 6. The number of ether oxygens (including phenoxy) is 1. The number of benzene rings is 2. The quantitative estimate of drug-likeness (QED) is 0.497. The van der Waals surface area contributed by atoms with Crippen molar-refractivity contribution in [2.45, 2.75) is 64.3 Å². The maximum atomic E-state index is 14.4. The van der Waals surface area contributed by atoms with Crippen LogP contribution >= 0.6 is 0 Å². The number of piperidine rings is 1. The van der Waals surface area contributed by atoms with Crippen LogP contribution < -0.4 is 0 Å². The van der Waals surface area contributed by atoms with Crippen molar-refractivity contribution in [1.29, 1.82) is 0 Å². The highest BCUT2D eigenvalue weighted by molar-refractivity contribution is 5.87. The molecule has 11 heteroatoms. The number of likely N-dealkylation sites (tertiary alicyclic amines) is 1. The molecule has 1 fully saturated rings. The van der Waals surface area contributed by atoms with Gasteiger partial charge in [0.25, 0.3) is 0 Å². The minimum absolute atomic E-state index is 0.0378. The third-order valence-electron chi connectivity index (χ3n) is 7.71. The SMILES string of the molecule is CC(C)(C)OC(=O)N1CCC2(CC1)c1nnnn1C[C@H]2C(=O)N(Cc1ccccc1)Cc1ccc(C(=O)O)cc1. The Hall–Kier alpha value is -4.28. The molecular formula is C29H34N6O5. The second-order valence-electron chi connectivity index (χ2n) is 11.5. The molecule has 40 heavy (non-hydrogen) atoms. The van der Waals surface area contributed by atoms with Gasteiger partial charge < -0.3 is 19.6 Å². The second-order valence-corrected chi connectivity index (χ2v) is 11.5. The largest absolute Gasteiger partial charge is 0.478 e. The molecule has 0 radical (unpaired) electrons. The Morgan fingerprint density at radius 3 is 2.23 bits per heavy atom. The number of aromatic carboxylic acids is 1. The normalized spacial score (nSPS) is 17.9. The van der Waals surface area contributed by atoms with E-state index in [2.05, 4.69) is 15.5 Å². The summed E-state index contributed by atoms with van der Waals surface area (Å²) in [4.78, 5) is 42.0. The van der Waals surface area contributed by atoms with E-state index in [1.165, 1.54) is 0 Å². The lowest BCUT2D eigenvalue weighted by Crippen LogP contribution is -2.52. The first kappa shape index (κ1) is 27.3. The number of aromatic nitrogens is 4. The van der Waals surface area contributed by atoms with E-state index < -0.39 is 22.9 Å². The average Bonchev–Trinajstić information content (AvgIpc) is 3.50. The Bertz CT molecular complexity index is 1370. The topological polar surface area (TPSA) is 131 Å². The van der Waals surface area contributed by atoms with E-state index >= 15 is 0 Å². The van der Waals surface area contributed by atoms with Gasteiger partial charge >= 0.3 is 12.1 Å². The highest BCUT2D eigenvalue weighted by Crippen LogP contribution is 2.47. The van der Waals surface area contributed by atoms with Gasteiger partial charge in [-0.1, -0.05) is 42.5 Å². The molecule has 5 rings (SSSR count). The van der Waals surface area contributed by atoms with Crippen molar-refractivity contribution >= 4 is 18.0 Å². The van der Waals surface area contributed by atoms with E-state index in [9.17, 15) is 19.5 Å². The molecule has 0 unspecified atom stereocenters. The van der Waals surface area contributed by atoms with Gasteiger partial charge in [0.05, 0.1) is 18.0 Å². The number of carbonyl (C=O) groups excluding carboxylic acids is 2. The van der Waals surface area contributed by atoms with Crippen molar-refractivity contribution in [1.82, 2.24) is 30.0 Å². The number of carboxylic acids is 1. The van der Waals surface area contributed by atoms with Crippen LogP contribution in [0.25, 0.3) is 0 Å². The van der Waals surface area contributed by atoms with Crippen LogP contribution in [-0.4, -0.2) is 71.8 Å². The maximum Gasteiger partial charge on any atom is 0.410 e. The Balaban J connectivity index is 1.41. The van der Waals surface area contributed by atoms with Gasteiger partial charge in [-0.2, -0.15) is 0 Å². The highest BCUT2D eigenvalue weighted by Gasteiger charge is 2.55.